The van der Waals surface area contributed by atoms with Crippen LogP contribution in [0.25, 0.3) is 15.9 Å². The van der Waals surface area contributed by atoms with Crippen molar-refractivity contribution in [2.75, 3.05) is 6.54 Å². The molecular formula is C24H22N5S+. The Bertz CT molecular complexity index is 1320. The second kappa shape index (κ2) is 7.31. The quantitative estimate of drug-likeness (QED) is 0.494. The molecule has 4 heterocycles. The van der Waals surface area contributed by atoms with E-state index in [9.17, 15) is 0 Å². The van der Waals surface area contributed by atoms with Gasteiger partial charge in [0.25, 0.3) is 0 Å². The monoisotopic (exact) mass is 412 g/mol. The van der Waals surface area contributed by atoms with E-state index in [1.54, 1.807) is 4.90 Å². The molecule has 5 aromatic rings. The molecule has 0 saturated carbocycles. The average molecular weight is 413 g/mol. The van der Waals surface area contributed by atoms with Gasteiger partial charge >= 0.3 is 0 Å². The van der Waals surface area contributed by atoms with Crippen LogP contribution in [-0.4, -0.2) is 26.1 Å². The molecule has 0 aliphatic carbocycles. The third kappa shape index (κ3) is 3.18. The van der Waals surface area contributed by atoms with Crippen molar-refractivity contribution in [3.63, 3.8) is 0 Å². The zero-order chi connectivity index (χ0) is 19.9. The van der Waals surface area contributed by atoms with Gasteiger partial charge in [0, 0.05) is 18.4 Å². The molecule has 148 valence electrons. The number of aromatic nitrogens is 4. The van der Waals surface area contributed by atoms with E-state index < -0.39 is 0 Å². The molecule has 0 spiro atoms. The maximum atomic E-state index is 4.91. The number of hydrogen-bond acceptors (Lipinski definition) is 4. The van der Waals surface area contributed by atoms with Crippen LogP contribution in [0.1, 0.15) is 27.4 Å². The normalized spacial score (nSPS) is 16.2. The summed E-state index contributed by atoms with van der Waals surface area (Å²) in [4.78, 5) is 13.8. The molecule has 0 bridgehead atoms. The van der Waals surface area contributed by atoms with Crippen molar-refractivity contribution in [3.8, 4) is 0 Å². The summed E-state index contributed by atoms with van der Waals surface area (Å²) < 4.78 is 1.86. The number of rotatable bonds is 4. The Kier molecular flexibility index (Phi) is 4.32. The van der Waals surface area contributed by atoms with E-state index in [1.165, 1.54) is 27.0 Å². The summed E-state index contributed by atoms with van der Waals surface area (Å²) in [6.07, 6.45) is 3.63. The summed E-state index contributed by atoms with van der Waals surface area (Å²) in [6, 6.07) is 21.2. The van der Waals surface area contributed by atoms with Crippen molar-refractivity contribution in [1.29, 1.82) is 0 Å². The molecule has 0 fully saturated rings. The number of quaternary nitrogens is 1. The second-order valence-electron chi connectivity index (χ2n) is 7.98. The molecule has 1 atom stereocenters. The van der Waals surface area contributed by atoms with Gasteiger partial charge in [-0.15, -0.1) is 16.4 Å². The van der Waals surface area contributed by atoms with Crippen LogP contribution in [0, 0.1) is 0 Å². The van der Waals surface area contributed by atoms with Gasteiger partial charge < -0.3 is 4.90 Å². The summed E-state index contributed by atoms with van der Waals surface area (Å²) in [5.74, 6) is 0.850. The number of fused-ring (bicyclic) bond motifs is 5. The van der Waals surface area contributed by atoms with Gasteiger partial charge in [0.1, 0.15) is 24.2 Å². The molecule has 1 aliphatic heterocycles. The van der Waals surface area contributed by atoms with Crippen LogP contribution in [0.2, 0.25) is 0 Å². The molecule has 30 heavy (non-hydrogen) atoms. The number of nitrogens with one attached hydrogen (secondary N) is 1. The van der Waals surface area contributed by atoms with E-state index in [2.05, 4.69) is 54.6 Å². The molecule has 2 aromatic carbocycles. The standard InChI is InChI=1S/C24H21N5S/c1-3-7-17(8-4-1)13-21-26-23-22-19-11-12-28(14-18-9-5-2-6-10-18)15-20(19)30-24(22)25-16-29(23)27-21/h1-10,16H,11-15H2/p+1. The van der Waals surface area contributed by atoms with E-state index in [0.717, 1.165) is 48.8 Å². The number of thiophene rings is 1. The third-order valence-corrected chi connectivity index (χ3v) is 7.04. The lowest BCUT2D eigenvalue weighted by atomic mass is 10.0. The minimum absolute atomic E-state index is 0.741. The van der Waals surface area contributed by atoms with Gasteiger partial charge in [-0.05, 0) is 11.1 Å². The molecule has 1 unspecified atom stereocenters. The highest BCUT2D eigenvalue weighted by Crippen LogP contribution is 2.33. The van der Waals surface area contributed by atoms with Gasteiger partial charge in [-0.2, -0.15) is 0 Å². The maximum Gasteiger partial charge on any atom is 0.167 e. The Balaban J connectivity index is 1.34. The first-order valence-corrected chi connectivity index (χ1v) is 11.2. The van der Waals surface area contributed by atoms with Gasteiger partial charge in [-0.3, -0.25) is 0 Å². The predicted molar refractivity (Wildman–Crippen MR) is 119 cm³/mol. The van der Waals surface area contributed by atoms with Crippen LogP contribution in [0.5, 0.6) is 0 Å². The average Bonchev–Trinajstić information content (AvgIpc) is 3.35. The Labute approximate surface area is 178 Å². The minimum Gasteiger partial charge on any atom is -0.326 e. The first-order valence-electron chi connectivity index (χ1n) is 10.4. The highest BCUT2D eigenvalue weighted by molar-refractivity contribution is 7.19. The van der Waals surface area contributed by atoms with Gasteiger partial charge in [0.05, 0.1) is 16.8 Å². The van der Waals surface area contributed by atoms with E-state index in [1.807, 2.05) is 28.2 Å². The summed E-state index contributed by atoms with van der Waals surface area (Å²) in [5, 5.41) is 5.91. The predicted octanol–water partition coefficient (Wildman–Crippen LogP) is 3.07. The van der Waals surface area contributed by atoms with Crippen molar-refractivity contribution >= 4 is 27.2 Å². The van der Waals surface area contributed by atoms with Crippen LogP contribution in [0.15, 0.2) is 67.0 Å². The van der Waals surface area contributed by atoms with E-state index in [0.29, 0.717) is 0 Å². The molecule has 0 radical (unpaired) electrons. The smallest absolute Gasteiger partial charge is 0.167 e. The first-order chi connectivity index (χ1) is 14.8. The molecule has 1 N–H and O–H groups in total. The minimum atomic E-state index is 0.741. The van der Waals surface area contributed by atoms with Crippen LogP contribution in [0.4, 0.5) is 0 Å². The number of benzene rings is 2. The fourth-order valence-corrected chi connectivity index (χ4v) is 5.71. The van der Waals surface area contributed by atoms with Crippen LogP contribution < -0.4 is 4.90 Å². The Morgan fingerprint density at radius 1 is 0.967 bits per heavy atom. The Morgan fingerprint density at radius 2 is 1.73 bits per heavy atom. The number of nitrogens with zero attached hydrogens (tertiary/aromatic N) is 4. The topological polar surface area (TPSA) is 47.5 Å². The summed E-state index contributed by atoms with van der Waals surface area (Å²) in [6.45, 7) is 3.27. The van der Waals surface area contributed by atoms with Crippen molar-refractivity contribution in [2.45, 2.75) is 25.9 Å². The van der Waals surface area contributed by atoms with Gasteiger partial charge in [-0.1, -0.05) is 60.7 Å². The summed E-state index contributed by atoms with van der Waals surface area (Å²) in [7, 11) is 0. The lowest BCUT2D eigenvalue weighted by molar-refractivity contribution is -0.929. The van der Waals surface area contributed by atoms with E-state index in [-0.39, 0.29) is 0 Å². The SMILES string of the molecule is c1ccc(Cc2nc3c4c5c(sc4ncn3n2)C[NH+](Cc2ccccc2)CC5)cc1. The Morgan fingerprint density at radius 3 is 2.53 bits per heavy atom. The zero-order valence-electron chi connectivity index (χ0n) is 16.6. The highest BCUT2D eigenvalue weighted by Gasteiger charge is 2.26. The lowest BCUT2D eigenvalue weighted by Gasteiger charge is -2.24. The first kappa shape index (κ1) is 17.7. The van der Waals surface area contributed by atoms with E-state index >= 15 is 0 Å². The molecule has 0 saturated heterocycles. The van der Waals surface area contributed by atoms with Gasteiger partial charge in [-0.25, -0.2) is 14.5 Å². The molecular weight excluding hydrogens is 390 g/mol. The summed E-state index contributed by atoms with van der Waals surface area (Å²) >= 11 is 1.83. The Hall–Kier alpha value is -3.09. The largest absolute Gasteiger partial charge is 0.326 e. The zero-order valence-corrected chi connectivity index (χ0v) is 17.4. The molecule has 0 amide bonds. The second-order valence-corrected chi connectivity index (χ2v) is 9.06. The number of hydrogen-bond donors (Lipinski definition) is 1. The van der Waals surface area contributed by atoms with Crippen molar-refractivity contribution in [2.24, 2.45) is 0 Å². The van der Waals surface area contributed by atoms with E-state index in [4.69, 9.17) is 15.1 Å². The van der Waals surface area contributed by atoms with Crippen molar-refractivity contribution < 1.29 is 4.90 Å². The van der Waals surface area contributed by atoms with Crippen molar-refractivity contribution in [3.05, 3.63) is 94.4 Å². The summed E-state index contributed by atoms with van der Waals surface area (Å²) in [5.41, 5.74) is 5.02. The van der Waals surface area contributed by atoms with Crippen LogP contribution in [0.3, 0.4) is 0 Å². The van der Waals surface area contributed by atoms with Crippen molar-refractivity contribution in [1.82, 2.24) is 19.6 Å². The molecule has 5 nitrogen and oxygen atoms in total. The van der Waals surface area contributed by atoms with Crippen LogP contribution >= 0.6 is 11.3 Å². The lowest BCUT2D eigenvalue weighted by Crippen LogP contribution is -3.10. The van der Waals surface area contributed by atoms with Gasteiger partial charge in [0.15, 0.2) is 11.5 Å². The molecule has 6 heteroatoms. The van der Waals surface area contributed by atoms with Gasteiger partial charge in [0.2, 0.25) is 0 Å². The third-order valence-electron chi connectivity index (χ3n) is 5.90. The maximum absolute atomic E-state index is 4.91. The fraction of sp³-hybridized carbons (Fsp3) is 0.208. The molecule has 3 aromatic heterocycles. The molecule has 6 rings (SSSR count). The highest BCUT2D eigenvalue weighted by atomic mass is 32.1. The fourth-order valence-electron chi connectivity index (χ4n) is 4.46. The molecule has 1 aliphatic rings. The van der Waals surface area contributed by atoms with Crippen LogP contribution in [-0.2, 0) is 25.9 Å².